The molecule has 8 nitrogen and oxygen atoms in total. The third kappa shape index (κ3) is 2.88. The summed E-state index contributed by atoms with van der Waals surface area (Å²) in [6.07, 6.45) is 6.93. The highest BCUT2D eigenvalue weighted by molar-refractivity contribution is 6.04. The number of hydrogen-bond donors (Lipinski definition) is 1. The van der Waals surface area contributed by atoms with E-state index in [0.717, 1.165) is 30.5 Å². The number of carbonyl (C=O) groups is 1. The lowest BCUT2D eigenvalue weighted by molar-refractivity contribution is -0.119. The Morgan fingerprint density at radius 1 is 1.14 bits per heavy atom. The number of rotatable bonds is 5. The largest absolute Gasteiger partial charge is 0.368 e. The monoisotopic (exact) mass is 388 g/mol. The Hall–Kier alpha value is -3.55. The lowest BCUT2D eigenvalue weighted by Crippen LogP contribution is -2.39. The first-order valence-electron chi connectivity index (χ1n) is 9.63. The summed E-state index contributed by atoms with van der Waals surface area (Å²) in [7, 11) is 0. The van der Waals surface area contributed by atoms with Crippen molar-refractivity contribution in [3.8, 4) is 0 Å². The van der Waals surface area contributed by atoms with E-state index in [1.54, 1.807) is 17.4 Å². The van der Waals surface area contributed by atoms with Crippen LogP contribution in [0.15, 0.2) is 64.5 Å². The zero-order valence-corrected chi connectivity index (χ0v) is 15.7. The zero-order valence-electron chi connectivity index (χ0n) is 15.7. The number of amides is 1. The minimum atomic E-state index is -0.583. The van der Waals surface area contributed by atoms with Crippen LogP contribution in [0.4, 0.5) is 5.69 Å². The highest BCUT2D eigenvalue weighted by Gasteiger charge is 2.45. The number of hydrogen-bond acceptors (Lipinski definition) is 7. The van der Waals surface area contributed by atoms with E-state index in [2.05, 4.69) is 20.2 Å². The molecule has 1 aromatic carbocycles. The van der Waals surface area contributed by atoms with Crippen LogP contribution >= 0.6 is 0 Å². The van der Waals surface area contributed by atoms with Gasteiger partial charge in [-0.05, 0) is 42.7 Å². The number of carbonyl (C=O) groups excluding carboxylic acids is 1. The number of nitrogens with two attached hydrogens (primary N) is 1. The summed E-state index contributed by atoms with van der Waals surface area (Å²) in [5, 5.41) is 10.5. The van der Waals surface area contributed by atoms with Gasteiger partial charge in [-0.2, -0.15) is 10.1 Å². The number of primary amides is 1. The molecular weight excluding hydrogens is 368 g/mol. The van der Waals surface area contributed by atoms with Crippen molar-refractivity contribution in [2.24, 2.45) is 10.8 Å². The summed E-state index contributed by atoms with van der Waals surface area (Å²) in [4.78, 5) is 20.8. The van der Waals surface area contributed by atoms with Crippen molar-refractivity contribution in [3.63, 3.8) is 0 Å². The van der Waals surface area contributed by atoms with Crippen molar-refractivity contribution in [2.75, 3.05) is 5.01 Å². The number of pyridine rings is 1. The number of benzene rings is 1. The van der Waals surface area contributed by atoms with Gasteiger partial charge in [0, 0.05) is 18.8 Å². The molecule has 146 valence electrons. The van der Waals surface area contributed by atoms with E-state index in [0.29, 0.717) is 23.8 Å². The SMILES string of the molecule is NC(=O)C1CC(c2nc(C3(c4ccncc4)CCC3)no2)=NN1c1ccccc1. The normalized spacial score (nSPS) is 20.2. The van der Waals surface area contributed by atoms with E-state index >= 15 is 0 Å². The Kier molecular flexibility index (Phi) is 4.12. The van der Waals surface area contributed by atoms with Crippen LogP contribution in [0.2, 0.25) is 0 Å². The summed E-state index contributed by atoms with van der Waals surface area (Å²) >= 11 is 0. The van der Waals surface area contributed by atoms with Crippen LogP contribution in [0, 0.1) is 0 Å². The van der Waals surface area contributed by atoms with Crippen LogP contribution < -0.4 is 10.7 Å². The van der Waals surface area contributed by atoms with Gasteiger partial charge in [-0.25, -0.2) is 0 Å². The van der Waals surface area contributed by atoms with Gasteiger partial charge in [-0.15, -0.1) is 0 Å². The topological polar surface area (TPSA) is 110 Å². The molecule has 0 spiro atoms. The molecule has 1 saturated carbocycles. The average molecular weight is 388 g/mol. The molecule has 1 fully saturated rings. The Labute approximate surface area is 167 Å². The van der Waals surface area contributed by atoms with Crippen LogP contribution in [0.5, 0.6) is 0 Å². The van der Waals surface area contributed by atoms with Crippen molar-refractivity contribution >= 4 is 17.3 Å². The lowest BCUT2D eigenvalue weighted by atomic mass is 9.64. The van der Waals surface area contributed by atoms with Crippen LogP contribution in [-0.2, 0) is 10.2 Å². The van der Waals surface area contributed by atoms with E-state index < -0.39 is 11.9 Å². The smallest absolute Gasteiger partial charge is 0.274 e. The van der Waals surface area contributed by atoms with Gasteiger partial charge in [0.05, 0.1) is 11.1 Å². The van der Waals surface area contributed by atoms with Crippen molar-refractivity contribution in [1.29, 1.82) is 0 Å². The Morgan fingerprint density at radius 3 is 2.55 bits per heavy atom. The fourth-order valence-corrected chi connectivity index (χ4v) is 4.06. The van der Waals surface area contributed by atoms with Crippen LogP contribution in [0.1, 0.15) is 43.0 Å². The van der Waals surface area contributed by atoms with E-state index in [1.165, 1.54) is 0 Å². The van der Waals surface area contributed by atoms with Gasteiger partial charge in [-0.3, -0.25) is 14.8 Å². The van der Waals surface area contributed by atoms with E-state index in [4.69, 9.17) is 10.3 Å². The molecule has 1 aliphatic heterocycles. The van der Waals surface area contributed by atoms with Crippen LogP contribution in [-0.4, -0.2) is 32.8 Å². The number of hydrazone groups is 1. The molecule has 2 N–H and O–H groups in total. The minimum Gasteiger partial charge on any atom is -0.368 e. The van der Waals surface area contributed by atoms with Gasteiger partial charge < -0.3 is 10.3 Å². The molecule has 1 amide bonds. The zero-order chi connectivity index (χ0) is 19.8. The third-order valence-corrected chi connectivity index (χ3v) is 5.80. The minimum absolute atomic E-state index is 0.244. The number of anilines is 1. The van der Waals surface area contributed by atoms with Gasteiger partial charge >= 0.3 is 0 Å². The molecule has 5 rings (SSSR count). The molecule has 1 unspecified atom stereocenters. The lowest BCUT2D eigenvalue weighted by Gasteiger charge is -2.39. The molecular formula is C21H20N6O2. The molecule has 1 aliphatic carbocycles. The molecule has 0 radical (unpaired) electrons. The molecule has 8 heteroatoms. The Bertz CT molecular complexity index is 1060. The molecule has 3 aromatic rings. The predicted octanol–water partition coefficient (Wildman–Crippen LogP) is 2.40. The molecule has 1 atom stereocenters. The number of aromatic nitrogens is 3. The van der Waals surface area contributed by atoms with Gasteiger partial charge in [0.1, 0.15) is 11.8 Å². The molecule has 3 heterocycles. The maximum atomic E-state index is 12.0. The Balaban J connectivity index is 1.48. The second-order valence-electron chi connectivity index (χ2n) is 7.44. The number of para-hydroxylation sites is 1. The summed E-state index contributed by atoms with van der Waals surface area (Å²) in [6, 6.07) is 12.9. The van der Waals surface area contributed by atoms with Gasteiger partial charge in [-0.1, -0.05) is 29.8 Å². The van der Waals surface area contributed by atoms with Gasteiger partial charge in [0.25, 0.3) is 5.89 Å². The quantitative estimate of drug-likeness (QED) is 0.719. The van der Waals surface area contributed by atoms with Crippen molar-refractivity contribution in [1.82, 2.24) is 15.1 Å². The summed E-state index contributed by atoms with van der Waals surface area (Å²) in [5.74, 6) is 0.547. The van der Waals surface area contributed by atoms with Gasteiger partial charge in [0.2, 0.25) is 5.91 Å². The highest BCUT2D eigenvalue weighted by atomic mass is 16.5. The Morgan fingerprint density at radius 2 is 1.90 bits per heavy atom. The molecule has 0 saturated heterocycles. The standard InChI is InChI=1S/C21H20N6O2/c22-18(28)17-13-16(25-27(17)15-5-2-1-3-6-15)19-24-20(26-29-19)21(9-4-10-21)14-7-11-23-12-8-14/h1-3,5-8,11-12,17H,4,9-10,13H2,(H2,22,28). The molecule has 0 bridgehead atoms. The summed E-state index contributed by atoms with van der Waals surface area (Å²) in [6.45, 7) is 0. The van der Waals surface area contributed by atoms with E-state index in [1.807, 2.05) is 42.5 Å². The fourth-order valence-electron chi connectivity index (χ4n) is 4.06. The highest BCUT2D eigenvalue weighted by Crippen LogP contribution is 2.47. The number of nitrogens with zero attached hydrogens (tertiary/aromatic N) is 5. The maximum absolute atomic E-state index is 12.0. The maximum Gasteiger partial charge on any atom is 0.274 e. The second-order valence-corrected chi connectivity index (χ2v) is 7.44. The van der Waals surface area contributed by atoms with Crippen LogP contribution in [0.25, 0.3) is 0 Å². The molecule has 29 heavy (non-hydrogen) atoms. The summed E-state index contributed by atoms with van der Waals surface area (Å²) < 4.78 is 5.58. The van der Waals surface area contributed by atoms with Gasteiger partial charge in [0.15, 0.2) is 5.82 Å². The first-order valence-corrected chi connectivity index (χ1v) is 9.63. The van der Waals surface area contributed by atoms with Crippen molar-refractivity contribution in [3.05, 3.63) is 72.1 Å². The van der Waals surface area contributed by atoms with E-state index in [9.17, 15) is 4.79 Å². The first kappa shape index (κ1) is 17.5. The first-order chi connectivity index (χ1) is 14.2. The second kappa shape index (κ2) is 6.80. The predicted molar refractivity (Wildman–Crippen MR) is 106 cm³/mol. The molecule has 2 aromatic heterocycles. The fraction of sp³-hybridized carbons (Fsp3) is 0.286. The summed E-state index contributed by atoms with van der Waals surface area (Å²) in [5.41, 5.74) is 7.88. The average Bonchev–Trinajstić information content (AvgIpc) is 3.36. The molecule has 2 aliphatic rings. The van der Waals surface area contributed by atoms with E-state index in [-0.39, 0.29) is 5.41 Å². The van der Waals surface area contributed by atoms with Crippen molar-refractivity contribution < 1.29 is 9.32 Å². The third-order valence-electron chi connectivity index (χ3n) is 5.80. The van der Waals surface area contributed by atoms with Crippen LogP contribution in [0.3, 0.4) is 0 Å². The van der Waals surface area contributed by atoms with Crippen molar-refractivity contribution in [2.45, 2.75) is 37.1 Å².